The van der Waals surface area contributed by atoms with Gasteiger partial charge in [-0.05, 0) is 24.8 Å². The molecule has 1 heterocycles. The Labute approximate surface area is 129 Å². The summed E-state index contributed by atoms with van der Waals surface area (Å²) in [6.07, 6.45) is 2.99. The lowest BCUT2D eigenvalue weighted by molar-refractivity contribution is 0.0745. The first-order chi connectivity index (χ1) is 10.1. The molecule has 1 aromatic carbocycles. The average Bonchev–Trinajstić information content (AvgIpc) is 2.50. The zero-order valence-corrected chi connectivity index (χ0v) is 13.5. The van der Waals surface area contributed by atoms with Crippen molar-refractivity contribution >= 4 is 34.4 Å². The smallest absolute Gasteiger partial charge is 0.254 e. The minimum Gasteiger partial charge on any atom is -0.384 e. The summed E-state index contributed by atoms with van der Waals surface area (Å²) in [7, 11) is 1.86. The van der Waals surface area contributed by atoms with E-state index in [9.17, 15) is 4.79 Å². The molecule has 2 N–H and O–H groups in total. The lowest BCUT2D eigenvalue weighted by Crippen LogP contribution is -2.38. The summed E-state index contributed by atoms with van der Waals surface area (Å²) in [5, 5.41) is 0.850. The number of nitrogens with zero attached hydrogens (tertiary/aromatic N) is 2. The maximum atomic E-state index is 12.8. The summed E-state index contributed by atoms with van der Waals surface area (Å²) in [6.45, 7) is 2.10. The van der Waals surface area contributed by atoms with Crippen LogP contribution in [0.2, 0.25) is 0 Å². The molecule has 2 rings (SSSR count). The van der Waals surface area contributed by atoms with E-state index in [1.807, 2.05) is 36.2 Å². The van der Waals surface area contributed by atoms with Crippen molar-refractivity contribution < 1.29 is 4.79 Å². The van der Waals surface area contributed by atoms with Crippen molar-refractivity contribution in [2.45, 2.75) is 19.4 Å². The van der Waals surface area contributed by atoms with E-state index < -0.39 is 0 Å². The molecule has 0 aliphatic heterocycles. The molecule has 0 saturated heterocycles. The van der Waals surface area contributed by atoms with Gasteiger partial charge in [0.15, 0.2) is 0 Å². The summed E-state index contributed by atoms with van der Waals surface area (Å²) >= 11 is 1.75. The molecule has 5 heteroatoms. The van der Waals surface area contributed by atoms with Crippen molar-refractivity contribution in [1.29, 1.82) is 0 Å². The van der Waals surface area contributed by atoms with Gasteiger partial charge in [-0.15, -0.1) is 0 Å². The second-order valence-corrected chi connectivity index (χ2v) is 5.96. The molecule has 1 amide bonds. The van der Waals surface area contributed by atoms with Crippen molar-refractivity contribution in [3.63, 3.8) is 0 Å². The zero-order chi connectivity index (χ0) is 15.4. The van der Waals surface area contributed by atoms with E-state index >= 15 is 0 Å². The largest absolute Gasteiger partial charge is 0.384 e. The van der Waals surface area contributed by atoms with Crippen molar-refractivity contribution in [3.8, 4) is 0 Å². The maximum Gasteiger partial charge on any atom is 0.254 e. The van der Waals surface area contributed by atoms with Crippen molar-refractivity contribution in [2.75, 3.05) is 24.8 Å². The molecule has 1 atom stereocenters. The second-order valence-electron chi connectivity index (χ2n) is 5.05. The molecule has 2 aromatic rings. The topological polar surface area (TPSA) is 59.2 Å². The van der Waals surface area contributed by atoms with Gasteiger partial charge >= 0.3 is 0 Å². The summed E-state index contributed by atoms with van der Waals surface area (Å²) in [5.74, 6) is 1.31. The Hall–Kier alpha value is -1.75. The van der Waals surface area contributed by atoms with Crippen LogP contribution in [-0.4, -0.2) is 40.9 Å². The Morgan fingerprint density at radius 3 is 2.81 bits per heavy atom. The van der Waals surface area contributed by atoms with Crippen LogP contribution in [0.5, 0.6) is 0 Å². The fraction of sp³-hybridized carbons (Fsp3) is 0.375. The van der Waals surface area contributed by atoms with Crippen LogP contribution in [0.25, 0.3) is 10.9 Å². The number of thioether (sulfide) groups is 1. The molecule has 1 unspecified atom stereocenters. The highest BCUT2D eigenvalue weighted by Gasteiger charge is 2.21. The predicted molar refractivity (Wildman–Crippen MR) is 90.7 cm³/mol. The SMILES string of the molecule is CCC(CSC)N(C)C(=O)c1cc(N)nc2ccccc12. The van der Waals surface area contributed by atoms with Gasteiger partial charge in [-0.2, -0.15) is 11.8 Å². The highest BCUT2D eigenvalue weighted by Crippen LogP contribution is 2.22. The molecule has 21 heavy (non-hydrogen) atoms. The lowest BCUT2D eigenvalue weighted by Gasteiger charge is -2.27. The Kier molecular flexibility index (Phi) is 5.07. The molecule has 4 nitrogen and oxygen atoms in total. The van der Waals surface area contributed by atoms with E-state index in [1.54, 1.807) is 17.8 Å². The number of pyridine rings is 1. The van der Waals surface area contributed by atoms with Crippen molar-refractivity contribution in [2.24, 2.45) is 0 Å². The highest BCUT2D eigenvalue weighted by molar-refractivity contribution is 7.98. The van der Waals surface area contributed by atoms with Gasteiger partial charge in [-0.1, -0.05) is 25.1 Å². The quantitative estimate of drug-likeness (QED) is 0.922. The number of aromatic nitrogens is 1. The van der Waals surface area contributed by atoms with E-state index in [4.69, 9.17) is 5.73 Å². The summed E-state index contributed by atoms with van der Waals surface area (Å²) in [4.78, 5) is 18.9. The normalized spacial score (nSPS) is 12.3. The van der Waals surface area contributed by atoms with Crippen LogP contribution in [0.15, 0.2) is 30.3 Å². The number of nitrogens with two attached hydrogens (primary N) is 1. The van der Waals surface area contributed by atoms with Gasteiger partial charge in [0.1, 0.15) is 5.82 Å². The van der Waals surface area contributed by atoms with Crippen LogP contribution in [-0.2, 0) is 0 Å². The summed E-state index contributed by atoms with van der Waals surface area (Å²) in [6, 6.07) is 9.50. The average molecular weight is 303 g/mol. The summed E-state index contributed by atoms with van der Waals surface area (Å²) < 4.78 is 0. The van der Waals surface area contributed by atoms with Gasteiger partial charge < -0.3 is 10.6 Å². The standard InChI is InChI=1S/C16H21N3OS/c1-4-11(10-21-3)19(2)16(20)13-9-15(17)18-14-8-6-5-7-12(13)14/h5-9,11H,4,10H2,1-3H3,(H2,17,18). The minimum atomic E-state index is 0.00111. The molecule has 0 aliphatic carbocycles. The van der Waals surface area contributed by atoms with Crippen LogP contribution in [0.3, 0.4) is 0 Å². The molecular formula is C16H21N3OS. The Morgan fingerprint density at radius 2 is 2.14 bits per heavy atom. The van der Waals surface area contributed by atoms with Gasteiger partial charge in [0.2, 0.25) is 0 Å². The van der Waals surface area contributed by atoms with Crippen LogP contribution < -0.4 is 5.73 Å². The third kappa shape index (κ3) is 3.29. The fourth-order valence-electron chi connectivity index (χ4n) is 2.42. The molecular weight excluding hydrogens is 282 g/mol. The zero-order valence-electron chi connectivity index (χ0n) is 12.7. The van der Waals surface area contributed by atoms with Gasteiger partial charge in [0.05, 0.1) is 11.1 Å². The Bertz CT molecular complexity index is 644. The number of para-hydroxylation sites is 1. The number of carbonyl (C=O) groups excluding carboxylic acids is 1. The molecule has 1 aromatic heterocycles. The monoisotopic (exact) mass is 303 g/mol. The maximum absolute atomic E-state index is 12.8. The van der Waals surface area contributed by atoms with E-state index in [0.717, 1.165) is 23.1 Å². The van der Waals surface area contributed by atoms with E-state index in [0.29, 0.717) is 11.4 Å². The van der Waals surface area contributed by atoms with E-state index in [-0.39, 0.29) is 11.9 Å². The van der Waals surface area contributed by atoms with E-state index in [1.165, 1.54) is 0 Å². The molecule has 0 bridgehead atoms. The van der Waals surface area contributed by atoms with Gasteiger partial charge in [-0.3, -0.25) is 4.79 Å². The Morgan fingerprint density at radius 1 is 1.43 bits per heavy atom. The predicted octanol–water partition coefficient (Wildman–Crippen LogP) is 3.03. The first-order valence-corrected chi connectivity index (χ1v) is 8.39. The van der Waals surface area contributed by atoms with Crippen molar-refractivity contribution in [1.82, 2.24) is 9.88 Å². The number of hydrogen-bond donors (Lipinski definition) is 1. The number of hydrogen-bond acceptors (Lipinski definition) is 4. The van der Waals surface area contributed by atoms with Crippen molar-refractivity contribution in [3.05, 3.63) is 35.9 Å². The summed E-state index contributed by atoms with van der Waals surface area (Å²) in [5.41, 5.74) is 7.23. The number of fused-ring (bicyclic) bond motifs is 1. The van der Waals surface area contributed by atoms with E-state index in [2.05, 4.69) is 18.2 Å². The number of carbonyl (C=O) groups is 1. The molecule has 0 fully saturated rings. The third-order valence-corrected chi connectivity index (χ3v) is 4.38. The van der Waals surface area contributed by atoms with Crippen LogP contribution in [0.1, 0.15) is 23.7 Å². The Balaban J connectivity index is 2.43. The van der Waals surface area contributed by atoms with Gasteiger partial charge in [0, 0.05) is 24.2 Å². The van der Waals surface area contributed by atoms with Gasteiger partial charge in [-0.25, -0.2) is 4.98 Å². The molecule has 0 saturated carbocycles. The van der Waals surface area contributed by atoms with Crippen LogP contribution in [0.4, 0.5) is 5.82 Å². The first-order valence-electron chi connectivity index (χ1n) is 6.99. The number of rotatable bonds is 5. The molecule has 0 radical (unpaired) electrons. The van der Waals surface area contributed by atoms with Crippen LogP contribution in [0, 0.1) is 0 Å². The van der Waals surface area contributed by atoms with Gasteiger partial charge in [0.25, 0.3) is 5.91 Å². The minimum absolute atomic E-state index is 0.00111. The fourth-order valence-corrected chi connectivity index (χ4v) is 3.27. The number of amides is 1. The molecule has 112 valence electrons. The third-order valence-electron chi connectivity index (χ3n) is 3.66. The number of anilines is 1. The molecule has 0 aliphatic rings. The number of nitrogen functional groups attached to an aromatic ring is 1. The van der Waals surface area contributed by atoms with Crippen LogP contribution >= 0.6 is 11.8 Å². The first kappa shape index (κ1) is 15.6. The second kappa shape index (κ2) is 6.80. The highest BCUT2D eigenvalue weighted by atomic mass is 32.2. The molecule has 0 spiro atoms. The lowest BCUT2D eigenvalue weighted by atomic mass is 10.1. The number of benzene rings is 1.